The molecule has 2 atom stereocenters. The van der Waals surface area contributed by atoms with Gasteiger partial charge < -0.3 is 10.2 Å². The molecule has 3 N–H and O–H groups in total. The van der Waals surface area contributed by atoms with Crippen LogP contribution < -0.4 is 0 Å². The predicted molar refractivity (Wildman–Crippen MR) is 62.7 cm³/mol. The Labute approximate surface area is 99.6 Å². The van der Waals surface area contributed by atoms with Crippen molar-refractivity contribution in [3.63, 3.8) is 0 Å². The van der Waals surface area contributed by atoms with E-state index in [0.29, 0.717) is 12.8 Å². The summed E-state index contributed by atoms with van der Waals surface area (Å²) >= 11 is 0. The summed E-state index contributed by atoms with van der Waals surface area (Å²) in [7, 11) is 0. The summed E-state index contributed by atoms with van der Waals surface area (Å²) in [5.41, 5.74) is -0.732. The highest BCUT2D eigenvalue weighted by Gasteiger charge is 2.46. The zero-order chi connectivity index (χ0) is 12.8. The van der Waals surface area contributed by atoms with Crippen LogP contribution >= 0.6 is 0 Å². The van der Waals surface area contributed by atoms with Crippen molar-refractivity contribution in [2.45, 2.75) is 37.8 Å². The molecule has 1 aliphatic heterocycles. The number of carbonyl (C=O) groups excluding carboxylic acids is 1. The second-order valence-corrected chi connectivity index (χ2v) is 4.84. The monoisotopic (exact) mass is 236 g/mol. The van der Waals surface area contributed by atoms with Gasteiger partial charge in [-0.2, -0.15) is 0 Å². The number of amidine groups is 1. The Morgan fingerprint density at radius 2 is 2.29 bits per heavy atom. The van der Waals surface area contributed by atoms with E-state index in [-0.39, 0.29) is 11.4 Å². The van der Waals surface area contributed by atoms with Crippen molar-refractivity contribution in [3.8, 4) is 0 Å². The maximum atomic E-state index is 11.9. The largest absolute Gasteiger partial charge is 0.503 e. The van der Waals surface area contributed by atoms with Crippen molar-refractivity contribution in [3.05, 3.63) is 24.0 Å². The summed E-state index contributed by atoms with van der Waals surface area (Å²) in [4.78, 5) is 13.0. The average Bonchev–Trinajstić information content (AvgIpc) is 2.57. The molecule has 0 saturated heterocycles. The van der Waals surface area contributed by atoms with Crippen molar-refractivity contribution in [1.82, 2.24) is 4.90 Å². The molecule has 92 valence electrons. The van der Waals surface area contributed by atoms with Crippen LogP contribution in [0.25, 0.3) is 0 Å². The molecule has 0 aromatic heterocycles. The van der Waals surface area contributed by atoms with Gasteiger partial charge in [-0.1, -0.05) is 6.58 Å². The lowest BCUT2D eigenvalue weighted by atomic mass is 9.96. The van der Waals surface area contributed by atoms with E-state index in [4.69, 9.17) is 5.41 Å². The minimum absolute atomic E-state index is 0.0417. The first-order valence-electron chi connectivity index (χ1n) is 5.59. The third kappa shape index (κ3) is 1.76. The highest BCUT2D eigenvalue weighted by atomic mass is 16.3. The molecule has 1 saturated carbocycles. The first-order chi connectivity index (χ1) is 7.84. The van der Waals surface area contributed by atoms with Crippen molar-refractivity contribution in [2.75, 3.05) is 0 Å². The fourth-order valence-electron chi connectivity index (χ4n) is 2.51. The van der Waals surface area contributed by atoms with Gasteiger partial charge in [0.25, 0.3) is 5.91 Å². The maximum absolute atomic E-state index is 11.9. The zero-order valence-electron chi connectivity index (χ0n) is 9.73. The van der Waals surface area contributed by atoms with E-state index in [9.17, 15) is 15.0 Å². The van der Waals surface area contributed by atoms with Gasteiger partial charge in [-0.05, 0) is 32.3 Å². The van der Waals surface area contributed by atoms with E-state index >= 15 is 0 Å². The Morgan fingerprint density at radius 3 is 2.82 bits per heavy atom. The molecule has 2 aliphatic rings. The van der Waals surface area contributed by atoms with Gasteiger partial charge >= 0.3 is 0 Å². The Kier molecular flexibility index (Phi) is 2.58. The highest BCUT2D eigenvalue weighted by molar-refractivity contribution is 6.15. The molecule has 0 radical (unpaired) electrons. The van der Waals surface area contributed by atoms with Gasteiger partial charge in [-0.3, -0.25) is 15.1 Å². The molecule has 1 fully saturated rings. The molecule has 5 nitrogen and oxygen atoms in total. The number of aliphatic hydroxyl groups excluding tert-OH is 1. The summed E-state index contributed by atoms with van der Waals surface area (Å²) in [6.07, 6.45) is 3.20. The summed E-state index contributed by atoms with van der Waals surface area (Å²) in [5.74, 6) is -1.09. The zero-order valence-corrected chi connectivity index (χ0v) is 9.73. The van der Waals surface area contributed by atoms with Gasteiger partial charge in [-0.15, -0.1) is 0 Å². The number of amides is 1. The normalized spacial score (nSPS) is 34.2. The number of carbonyl (C=O) groups is 1. The van der Waals surface area contributed by atoms with E-state index in [1.807, 2.05) is 0 Å². The molecular formula is C12H16N2O3. The maximum Gasteiger partial charge on any atom is 0.294 e. The summed E-state index contributed by atoms with van der Waals surface area (Å²) in [6, 6.07) is -0.463. The number of hydrogen-bond acceptors (Lipinski definition) is 4. The second kappa shape index (κ2) is 3.70. The van der Waals surface area contributed by atoms with Crippen LogP contribution in [0.4, 0.5) is 0 Å². The third-order valence-corrected chi connectivity index (χ3v) is 3.48. The molecule has 0 aromatic carbocycles. The number of rotatable bonds is 1. The van der Waals surface area contributed by atoms with E-state index in [1.165, 1.54) is 6.08 Å². The van der Waals surface area contributed by atoms with Crippen LogP contribution in [0.2, 0.25) is 0 Å². The van der Waals surface area contributed by atoms with Crippen LogP contribution in [0.3, 0.4) is 0 Å². The molecule has 5 heteroatoms. The topological polar surface area (TPSA) is 84.6 Å². The Balaban J connectivity index is 2.38. The lowest BCUT2D eigenvalue weighted by molar-refractivity contribution is -0.131. The fraction of sp³-hybridized carbons (Fsp3) is 0.500. The van der Waals surface area contributed by atoms with Gasteiger partial charge in [-0.25, -0.2) is 0 Å². The van der Waals surface area contributed by atoms with Crippen molar-refractivity contribution < 1.29 is 15.0 Å². The standard InChI is InChI=1S/C12H16N2O3/c1-7-6-8(15)11(16)14(10(7)13)9-4-3-5-12(9,2)17/h6,9,13,15,17H,1,3-5H2,2H3/t9-,12-/m1/s1. The van der Waals surface area contributed by atoms with Crippen LogP contribution in [-0.4, -0.2) is 38.5 Å². The van der Waals surface area contributed by atoms with Gasteiger partial charge in [0, 0.05) is 5.57 Å². The SMILES string of the molecule is C=C1C=C(O)C(=O)N([C@@H]2CCC[C@@]2(C)O)C1=N. The number of aliphatic hydroxyl groups is 2. The van der Waals surface area contributed by atoms with Crippen molar-refractivity contribution in [2.24, 2.45) is 0 Å². The van der Waals surface area contributed by atoms with E-state index < -0.39 is 23.3 Å². The minimum atomic E-state index is -1.01. The summed E-state index contributed by atoms with van der Waals surface area (Å²) in [6.45, 7) is 5.27. The van der Waals surface area contributed by atoms with Crippen LogP contribution in [0.15, 0.2) is 24.0 Å². The average molecular weight is 236 g/mol. The lowest BCUT2D eigenvalue weighted by Gasteiger charge is -2.38. The quantitative estimate of drug-likeness (QED) is 0.637. The molecule has 2 rings (SSSR count). The predicted octanol–water partition coefficient (Wildman–Crippen LogP) is 1.11. The molecule has 1 amide bonds. The van der Waals surface area contributed by atoms with Crippen LogP contribution in [0, 0.1) is 5.41 Å². The smallest absolute Gasteiger partial charge is 0.294 e. The first-order valence-corrected chi connectivity index (χ1v) is 5.59. The number of nitrogens with one attached hydrogen (secondary N) is 1. The molecule has 17 heavy (non-hydrogen) atoms. The molecule has 0 bridgehead atoms. The third-order valence-electron chi connectivity index (χ3n) is 3.48. The van der Waals surface area contributed by atoms with Gasteiger partial charge in [0.15, 0.2) is 5.76 Å². The van der Waals surface area contributed by atoms with Crippen molar-refractivity contribution >= 4 is 11.7 Å². The van der Waals surface area contributed by atoms with Gasteiger partial charge in [0.2, 0.25) is 0 Å². The minimum Gasteiger partial charge on any atom is -0.503 e. The van der Waals surface area contributed by atoms with E-state index in [1.54, 1.807) is 6.92 Å². The van der Waals surface area contributed by atoms with Crippen LogP contribution in [0.1, 0.15) is 26.2 Å². The summed E-state index contributed by atoms with van der Waals surface area (Å²) < 4.78 is 0. The van der Waals surface area contributed by atoms with Gasteiger partial charge in [0.05, 0.1) is 11.6 Å². The van der Waals surface area contributed by atoms with Crippen LogP contribution in [-0.2, 0) is 4.79 Å². The number of nitrogens with zero attached hydrogens (tertiary/aromatic N) is 1. The molecule has 0 unspecified atom stereocenters. The van der Waals surface area contributed by atoms with Gasteiger partial charge in [0.1, 0.15) is 5.84 Å². The van der Waals surface area contributed by atoms with Crippen LogP contribution in [0.5, 0.6) is 0 Å². The highest BCUT2D eigenvalue weighted by Crippen LogP contribution is 2.35. The first kappa shape index (κ1) is 11.9. The van der Waals surface area contributed by atoms with E-state index in [2.05, 4.69) is 6.58 Å². The molecule has 0 aromatic rings. The lowest BCUT2D eigenvalue weighted by Crippen LogP contribution is -2.54. The molecule has 1 aliphatic carbocycles. The Hall–Kier alpha value is -1.62. The fourth-order valence-corrected chi connectivity index (χ4v) is 2.51. The Bertz CT molecular complexity index is 437. The molecule has 1 heterocycles. The van der Waals surface area contributed by atoms with Crippen molar-refractivity contribution in [1.29, 1.82) is 5.41 Å². The van der Waals surface area contributed by atoms with E-state index in [0.717, 1.165) is 11.3 Å². The number of hydrogen-bond donors (Lipinski definition) is 3. The Morgan fingerprint density at radius 1 is 1.65 bits per heavy atom. The molecule has 0 spiro atoms. The molecular weight excluding hydrogens is 220 g/mol. The second-order valence-electron chi connectivity index (χ2n) is 4.84. The summed E-state index contributed by atoms with van der Waals surface area (Å²) in [5, 5.41) is 27.5.